The van der Waals surface area contributed by atoms with Gasteiger partial charge in [0.05, 0.1) is 13.2 Å². The number of benzene rings is 2. The van der Waals surface area contributed by atoms with Gasteiger partial charge >= 0.3 is 7.60 Å². The number of ether oxygens (including phenoxy) is 1. The molecule has 0 aliphatic heterocycles. The summed E-state index contributed by atoms with van der Waals surface area (Å²) in [5.74, 6) is 1.06. The van der Waals surface area contributed by atoms with Crippen molar-refractivity contribution < 1.29 is 18.3 Å². The van der Waals surface area contributed by atoms with Crippen LogP contribution in [-0.2, 0) is 20.0 Å². The average Bonchev–Trinajstić information content (AvgIpc) is 2.64. The van der Waals surface area contributed by atoms with Gasteiger partial charge in [0.25, 0.3) is 0 Å². The summed E-state index contributed by atoms with van der Waals surface area (Å²) in [5.41, 5.74) is 12.9. The number of nitrogens with two attached hydrogens (primary N) is 1. The standard InChI is InChI=1S/C23H34NO4P/c1-7-27-29(25,28-8-2)15-26-20-11-17(5)22(18(6)12-20)14-19-9-10-23(24)21(13-19)16(3)4/h9-13,16H,7-8,14-15,24H2,1-6H3. The Morgan fingerprint density at radius 3 is 2.10 bits per heavy atom. The number of hydrogen-bond acceptors (Lipinski definition) is 5. The summed E-state index contributed by atoms with van der Waals surface area (Å²) in [6.45, 7) is 12.7. The molecule has 0 amide bonds. The van der Waals surface area contributed by atoms with Crippen LogP contribution in [0.5, 0.6) is 5.75 Å². The molecule has 0 aromatic heterocycles. The maximum Gasteiger partial charge on any atom is 0.367 e. The molecule has 0 saturated carbocycles. The summed E-state index contributed by atoms with van der Waals surface area (Å²) in [4.78, 5) is 0. The fourth-order valence-corrected chi connectivity index (χ4v) is 4.73. The van der Waals surface area contributed by atoms with Crippen LogP contribution in [0.15, 0.2) is 30.3 Å². The summed E-state index contributed by atoms with van der Waals surface area (Å²) in [6.07, 6.45) is 0.733. The van der Waals surface area contributed by atoms with Crippen LogP contribution in [0.2, 0.25) is 0 Å². The molecule has 6 heteroatoms. The normalized spacial score (nSPS) is 11.8. The molecule has 0 atom stereocenters. The van der Waals surface area contributed by atoms with Crippen molar-refractivity contribution >= 4 is 13.3 Å². The van der Waals surface area contributed by atoms with Crippen LogP contribution in [0.4, 0.5) is 5.69 Å². The second kappa shape index (κ2) is 10.3. The summed E-state index contributed by atoms with van der Waals surface area (Å²) < 4.78 is 29.0. The van der Waals surface area contributed by atoms with Gasteiger partial charge in [0.1, 0.15) is 5.75 Å². The first-order valence-electron chi connectivity index (χ1n) is 10.2. The SMILES string of the molecule is CCOP(=O)(COc1cc(C)c(Cc2ccc(N)c(C(C)C)c2)c(C)c1)OCC. The number of anilines is 1. The van der Waals surface area contributed by atoms with Crippen molar-refractivity contribution in [3.63, 3.8) is 0 Å². The number of nitrogen functional groups attached to an aromatic ring is 1. The van der Waals surface area contributed by atoms with Crippen molar-refractivity contribution in [1.82, 2.24) is 0 Å². The Hall–Kier alpha value is -1.81. The fourth-order valence-electron chi connectivity index (χ4n) is 3.41. The van der Waals surface area contributed by atoms with E-state index in [1.165, 1.54) is 16.7 Å². The second-order valence-corrected chi connectivity index (χ2v) is 9.55. The lowest BCUT2D eigenvalue weighted by molar-refractivity contribution is 0.197. The number of hydrogen-bond donors (Lipinski definition) is 1. The van der Waals surface area contributed by atoms with Gasteiger partial charge in [-0.3, -0.25) is 4.57 Å². The zero-order valence-corrected chi connectivity index (χ0v) is 19.3. The van der Waals surface area contributed by atoms with E-state index in [1.54, 1.807) is 13.8 Å². The second-order valence-electron chi connectivity index (χ2n) is 7.55. The summed E-state index contributed by atoms with van der Waals surface area (Å²) >= 11 is 0. The molecule has 0 aliphatic rings. The monoisotopic (exact) mass is 419 g/mol. The molecule has 2 rings (SSSR count). The molecule has 0 heterocycles. The van der Waals surface area contributed by atoms with E-state index in [9.17, 15) is 4.57 Å². The number of aryl methyl sites for hydroxylation is 2. The van der Waals surface area contributed by atoms with Gasteiger partial charge in [-0.05, 0) is 86.1 Å². The third-order valence-corrected chi connectivity index (χ3v) is 6.61. The van der Waals surface area contributed by atoms with Gasteiger partial charge in [-0.25, -0.2) is 0 Å². The molecular weight excluding hydrogens is 385 g/mol. The van der Waals surface area contributed by atoms with Gasteiger partial charge in [-0.2, -0.15) is 0 Å². The smallest absolute Gasteiger partial charge is 0.367 e. The molecule has 0 spiro atoms. The Balaban J connectivity index is 2.19. The molecule has 2 N–H and O–H groups in total. The summed E-state index contributed by atoms with van der Waals surface area (Å²) in [5, 5.41) is 0. The largest absolute Gasteiger partial charge is 0.481 e. The lowest BCUT2D eigenvalue weighted by Gasteiger charge is -2.19. The van der Waals surface area contributed by atoms with E-state index in [0.29, 0.717) is 24.9 Å². The van der Waals surface area contributed by atoms with Crippen LogP contribution in [0.3, 0.4) is 0 Å². The van der Waals surface area contributed by atoms with E-state index < -0.39 is 7.60 Å². The highest BCUT2D eigenvalue weighted by Crippen LogP contribution is 2.48. The van der Waals surface area contributed by atoms with E-state index in [-0.39, 0.29) is 6.35 Å². The molecule has 0 aliphatic carbocycles. The van der Waals surface area contributed by atoms with E-state index in [2.05, 4.69) is 39.8 Å². The van der Waals surface area contributed by atoms with Crippen molar-refractivity contribution in [2.75, 3.05) is 25.3 Å². The Morgan fingerprint density at radius 1 is 1.00 bits per heavy atom. The molecule has 0 fully saturated rings. The molecule has 0 saturated heterocycles. The molecule has 0 radical (unpaired) electrons. The minimum absolute atomic E-state index is 0.0946. The van der Waals surface area contributed by atoms with Gasteiger partial charge in [0.15, 0.2) is 6.35 Å². The van der Waals surface area contributed by atoms with E-state index >= 15 is 0 Å². The first kappa shape index (κ1) is 23.5. The molecule has 5 nitrogen and oxygen atoms in total. The maximum atomic E-state index is 12.6. The first-order chi connectivity index (χ1) is 13.7. The van der Waals surface area contributed by atoms with Crippen LogP contribution in [-0.4, -0.2) is 19.6 Å². The van der Waals surface area contributed by atoms with Crippen molar-refractivity contribution in [3.8, 4) is 5.75 Å². The van der Waals surface area contributed by atoms with Crippen LogP contribution in [0.25, 0.3) is 0 Å². The topological polar surface area (TPSA) is 70.8 Å². The minimum Gasteiger partial charge on any atom is -0.481 e. The predicted molar refractivity (Wildman–Crippen MR) is 120 cm³/mol. The van der Waals surface area contributed by atoms with Crippen LogP contribution in [0.1, 0.15) is 61.4 Å². The first-order valence-corrected chi connectivity index (χ1v) is 11.9. The highest BCUT2D eigenvalue weighted by atomic mass is 31.2. The van der Waals surface area contributed by atoms with Crippen molar-refractivity contribution in [1.29, 1.82) is 0 Å². The Labute approximate surface area is 175 Å². The van der Waals surface area contributed by atoms with E-state index in [4.69, 9.17) is 19.5 Å². The summed E-state index contributed by atoms with van der Waals surface area (Å²) in [6, 6.07) is 10.2. The van der Waals surface area contributed by atoms with Crippen LogP contribution in [0, 0.1) is 13.8 Å². The average molecular weight is 420 g/mol. The lowest BCUT2D eigenvalue weighted by Crippen LogP contribution is -2.06. The molecule has 160 valence electrons. The zero-order chi connectivity index (χ0) is 21.6. The minimum atomic E-state index is -3.24. The molecule has 2 aromatic rings. The van der Waals surface area contributed by atoms with Gasteiger partial charge in [0.2, 0.25) is 0 Å². The van der Waals surface area contributed by atoms with Crippen molar-refractivity contribution in [2.45, 2.75) is 53.9 Å². The molecule has 0 bridgehead atoms. The Bertz CT molecular complexity index is 846. The highest BCUT2D eigenvalue weighted by Gasteiger charge is 2.25. The van der Waals surface area contributed by atoms with Gasteiger partial charge in [0, 0.05) is 5.69 Å². The molecule has 29 heavy (non-hydrogen) atoms. The summed E-state index contributed by atoms with van der Waals surface area (Å²) in [7, 11) is -3.24. The highest BCUT2D eigenvalue weighted by molar-refractivity contribution is 7.53. The van der Waals surface area contributed by atoms with Crippen LogP contribution >= 0.6 is 7.60 Å². The van der Waals surface area contributed by atoms with E-state index in [0.717, 1.165) is 23.2 Å². The quantitative estimate of drug-likeness (QED) is 0.367. The predicted octanol–water partition coefficient (Wildman–Crippen LogP) is 6.20. The molecular formula is C23H34NO4P. The van der Waals surface area contributed by atoms with Gasteiger partial charge in [-0.1, -0.05) is 26.0 Å². The van der Waals surface area contributed by atoms with Gasteiger partial charge in [-0.15, -0.1) is 0 Å². The third kappa shape index (κ3) is 6.33. The zero-order valence-electron chi connectivity index (χ0n) is 18.5. The van der Waals surface area contributed by atoms with Crippen molar-refractivity contribution in [2.24, 2.45) is 0 Å². The molecule has 0 unspecified atom stereocenters. The lowest BCUT2D eigenvalue weighted by atomic mass is 9.92. The third-order valence-electron chi connectivity index (χ3n) is 4.86. The number of rotatable bonds is 10. The van der Waals surface area contributed by atoms with E-state index in [1.807, 2.05) is 18.2 Å². The maximum absolute atomic E-state index is 12.6. The van der Waals surface area contributed by atoms with Gasteiger partial charge < -0.3 is 19.5 Å². The fraction of sp³-hybridized carbons (Fsp3) is 0.478. The Kier molecular flexibility index (Phi) is 8.33. The van der Waals surface area contributed by atoms with Crippen LogP contribution < -0.4 is 10.5 Å². The Morgan fingerprint density at radius 2 is 1.59 bits per heavy atom. The van der Waals surface area contributed by atoms with Crippen molar-refractivity contribution in [3.05, 3.63) is 58.1 Å². The molecule has 2 aromatic carbocycles.